The van der Waals surface area contributed by atoms with Crippen molar-refractivity contribution in [2.75, 3.05) is 26.0 Å². The molecule has 0 saturated carbocycles. The first-order valence-electron chi connectivity index (χ1n) is 6.58. The summed E-state index contributed by atoms with van der Waals surface area (Å²) in [7, 11) is 0. The first kappa shape index (κ1) is 15.5. The lowest BCUT2D eigenvalue weighted by Crippen LogP contribution is -2.23. The minimum absolute atomic E-state index is 0.378. The van der Waals surface area contributed by atoms with E-state index in [-0.39, 0.29) is 0 Å². The number of nitrogens with one attached hydrogen (secondary N) is 1. The molecule has 0 aliphatic rings. The highest BCUT2D eigenvalue weighted by atomic mass is 32.2. The van der Waals surface area contributed by atoms with Crippen molar-refractivity contribution in [2.45, 2.75) is 31.7 Å². The van der Waals surface area contributed by atoms with Gasteiger partial charge < -0.3 is 10.1 Å². The Bertz CT molecular complexity index is 324. The van der Waals surface area contributed by atoms with Gasteiger partial charge in [0.2, 0.25) is 0 Å². The lowest BCUT2D eigenvalue weighted by atomic mass is 10.1. The Kier molecular flexibility index (Phi) is 7.40. The molecule has 3 heteroatoms. The summed E-state index contributed by atoms with van der Waals surface area (Å²) < 4.78 is 5.55. The van der Waals surface area contributed by atoms with E-state index in [4.69, 9.17) is 4.74 Å². The molecular weight excluding hydrogens is 242 g/mol. The van der Waals surface area contributed by atoms with E-state index in [2.05, 4.69) is 56.6 Å². The second kappa shape index (κ2) is 8.57. The van der Waals surface area contributed by atoms with Crippen LogP contribution in [0, 0.1) is 5.92 Å². The number of rotatable bonds is 8. The van der Waals surface area contributed by atoms with Crippen LogP contribution in [0.5, 0.6) is 0 Å². The molecule has 0 aliphatic carbocycles. The monoisotopic (exact) mass is 267 g/mol. The molecule has 0 amide bonds. The summed E-state index contributed by atoms with van der Waals surface area (Å²) in [5, 5.41) is 3.48. The Morgan fingerprint density at radius 3 is 2.39 bits per heavy atom. The SMILES string of the molecule is CSc1ccc(C(C)NCCOCC(C)C)cc1. The van der Waals surface area contributed by atoms with Gasteiger partial charge in [-0.05, 0) is 36.8 Å². The molecule has 102 valence electrons. The van der Waals surface area contributed by atoms with Gasteiger partial charge in [0.1, 0.15) is 0 Å². The van der Waals surface area contributed by atoms with Crippen molar-refractivity contribution < 1.29 is 4.74 Å². The summed E-state index contributed by atoms with van der Waals surface area (Å²) in [5.41, 5.74) is 1.33. The number of thioether (sulfide) groups is 1. The highest BCUT2D eigenvalue weighted by Gasteiger charge is 2.04. The van der Waals surface area contributed by atoms with Crippen LogP contribution < -0.4 is 5.32 Å². The second-order valence-corrected chi connectivity index (χ2v) is 5.80. The Labute approximate surface area is 116 Å². The molecule has 1 unspecified atom stereocenters. The molecule has 0 radical (unpaired) electrons. The molecule has 1 N–H and O–H groups in total. The predicted octanol–water partition coefficient (Wildman–Crippen LogP) is 3.73. The number of hydrogen-bond donors (Lipinski definition) is 1. The van der Waals surface area contributed by atoms with Crippen LogP contribution in [-0.4, -0.2) is 26.0 Å². The molecule has 1 atom stereocenters. The maximum absolute atomic E-state index is 5.55. The fourth-order valence-electron chi connectivity index (χ4n) is 1.68. The largest absolute Gasteiger partial charge is 0.380 e. The Morgan fingerprint density at radius 1 is 1.17 bits per heavy atom. The first-order chi connectivity index (χ1) is 8.63. The van der Waals surface area contributed by atoms with Crippen LogP contribution in [0.3, 0.4) is 0 Å². The van der Waals surface area contributed by atoms with Crippen molar-refractivity contribution in [1.82, 2.24) is 5.32 Å². The number of hydrogen-bond acceptors (Lipinski definition) is 3. The highest BCUT2D eigenvalue weighted by molar-refractivity contribution is 7.98. The van der Waals surface area contributed by atoms with Crippen LogP contribution in [0.2, 0.25) is 0 Å². The summed E-state index contributed by atoms with van der Waals surface area (Å²) in [5.74, 6) is 0.613. The van der Waals surface area contributed by atoms with Crippen molar-refractivity contribution in [1.29, 1.82) is 0 Å². The second-order valence-electron chi connectivity index (χ2n) is 4.92. The predicted molar refractivity (Wildman–Crippen MR) is 80.3 cm³/mol. The van der Waals surface area contributed by atoms with Gasteiger partial charge in [0.05, 0.1) is 6.61 Å². The van der Waals surface area contributed by atoms with E-state index in [0.717, 1.165) is 19.8 Å². The molecule has 0 aromatic heterocycles. The molecule has 0 fully saturated rings. The van der Waals surface area contributed by atoms with Gasteiger partial charge in [-0.2, -0.15) is 0 Å². The minimum Gasteiger partial charge on any atom is -0.380 e. The van der Waals surface area contributed by atoms with Gasteiger partial charge in [-0.25, -0.2) is 0 Å². The van der Waals surface area contributed by atoms with Crippen molar-refractivity contribution in [2.24, 2.45) is 5.92 Å². The molecule has 18 heavy (non-hydrogen) atoms. The zero-order chi connectivity index (χ0) is 13.4. The Hall–Kier alpha value is -0.510. The average Bonchev–Trinajstić information content (AvgIpc) is 2.38. The van der Waals surface area contributed by atoms with Gasteiger partial charge in [-0.1, -0.05) is 26.0 Å². The maximum atomic E-state index is 5.55. The molecule has 2 nitrogen and oxygen atoms in total. The van der Waals surface area contributed by atoms with Crippen LogP contribution in [0.25, 0.3) is 0 Å². The van der Waals surface area contributed by atoms with E-state index < -0.39 is 0 Å². The quantitative estimate of drug-likeness (QED) is 0.573. The smallest absolute Gasteiger partial charge is 0.0591 e. The van der Waals surface area contributed by atoms with E-state index in [1.54, 1.807) is 11.8 Å². The highest BCUT2D eigenvalue weighted by Crippen LogP contribution is 2.18. The van der Waals surface area contributed by atoms with Crippen LogP contribution in [-0.2, 0) is 4.74 Å². The zero-order valence-corrected chi connectivity index (χ0v) is 12.7. The summed E-state index contributed by atoms with van der Waals surface area (Å²) in [6, 6.07) is 9.11. The lowest BCUT2D eigenvalue weighted by Gasteiger charge is -2.15. The molecule has 1 aromatic rings. The Morgan fingerprint density at radius 2 is 1.83 bits per heavy atom. The topological polar surface area (TPSA) is 21.3 Å². The summed E-state index contributed by atoms with van der Waals surface area (Å²) in [6.07, 6.45) is 2.10. The van der Waals surface area contributed by atoms with Gasteiger partial charge in [-0.3, -0.25) is 0 Å². The van der Waals surface area contributed by atoms with Crippen molar-refractivity contribution >= 4 is 11.8 Å². The van der Waals surface area contributed by atoms with E-state index in [0.29, 0.717) is 12.0 Å². The standard InChI is InChI=1S/C15H25NOS/c1-12(2)11-17-10-9-16-13(3)14-5-7-15(18-4)8-6-14/h5-8,12-13,16H,9-11H2,1-4H3. The minimum atomic E-state index is 0.378. The van der Waals surface area contributed by atoms with Gasteiger partial charge in [0, 0.05) is 24.1 Å². The Balaban J connectivity index is 2.25. The molecule has 0 aliphatic heterocycles. The van der Waals surface area contributed by atoms with Crippen molar-refractivity contribution in [3.8, 4) is 0 Å². The van der Waals surface area contributed by atoms with E-state index in [1.165, 1.54) is 10.5 Å². The van der Waals surface area contributed by atoms with Crippen molar-refractivity contribution in [3.05, 3.63) is 29.8 Å². The van der Waals surface area contributed by atoms with Crippen LogP contribution in [0.1, 0.15) is 32.4 Å². The fourth-order valence-corrected chi connectivity index (χ4v) is 2.09. The summed E-state index contributed by atoms with van der Waals surface area (Å²) >= 11 is 1.78. The fraction of sp³-hybridized carbons (Fsp3) is 0.600. The normalized spacial score (nSPS) is 12.9. The summed E-state index contributed by atoms with van der Waals surface area (Å²) in [4.78, 5) is 1.31. The van der Waals surface area contributed by atoms with E-state index in [9.17, 15) is 0 Å². The molecular formula is C15H25NOS. The van der Waals surface area contributed by atoms with Crippen molar-refractivity contribution in [3.63, 3.8) is 0 Å². The lowest BCUT2D eigenvalue weighted by molar-refractivity contribution is 0.110. The average molecular weight is 267 g/mol. The zero-order valence-electron chi connectivity index (χ0n) is 11.9. The van der Waals surface area contributed by atoms with Crippen LogP contribution in [0.4, 0.5) is 0 Å². The third-order valence-electron chi connectivity index (χ3n) is 2.76. The third kappa shape index (κ3) is 5.89. The molecule has 0 bridgehead atoms. The van der Waals surface area contributed by atoms with Crippen LogP contribution >= 0.6 is 11.8 Å². The maximum Gasteiger partial charge on any atom is 0.0591 e. The molecule has 0 heterocycles. The van der Waals surface area contributed by atoms with Crippen LogP contribution in [0.15, 0.2) is 29.2 Å². The van der Waals surface area contributed by atoms with Gasteiger partial charge >= 0.3 is 0 Å². The third-order valence-corrected chi connectivity index (χ3v) is 3.51. The van der Waals surface area contributed by atoms with Gasteiger partial charge in [0.15, 0.2) is 0 Å². The molecule has 0 saturated heterocycles. The van der Waals surface area contributed by atoms with Gasteiger partial charge in [0.25, 0.3) is 0 Å². The number of ether oxygens (including phenoxy) is 1. The van der Waals surface area contributed by atoms with Gasteiger partial charge in [-0.15, -0.1) is 11.8 Å². The molecule has 0 spiro atoms. The first-order valence-corrected chi connectivity index (χ1v) is 7.81. The summed E-state index contributed by atoms with van der Waals surface area (Å²) in [6.45, 7) is 9.06. The molecule has 1 rings (SSSR count). The van der Waals surface area contributed by atoms with E-state index in [1.807, 2.05) is 0 Å². The van der Waals surface area contributed by atoms with E-state index >= 15 is 0 Å². The molecule has 1 aromatic carbocycles. The number of benzene rings is 1.